The van der Waals surface area contributed by atoms with Crippen LogP contribution in [0.25, 0.3) is 0 Å². The maximum absolute atomic E-state index is 10.5. The van der Waals surface area contributed by atoms with Crippen molar-refractivity contribution in [3.63, 3.8) is 0 Å². The maximum Gasteiger partial charge on any atom is 0.224 e. The molecule has 0 aromatic heterocycles. The predicted molar refractivity (Wildman–Crippen MR) is 28.9 cm³/mol. The number of carbonyl (C=O) groups is 1. The molecule has 0 aliphatic carbocycles. The molecule has 0 aromatic rings. The lowest BCUT2D eigenvalue weighted by Crippen LogP contribution is -2.21. The second kappa shape index (κ2) is 3.43. The summed E-state index contributed by atoms with van der Waals surface area (Å²) in [6.45, 7) is -0.309. The van der Waals surface area contributed by atoms with Gasteiger partial charge in [-0.2, -0.15) is 0 Å². The lowest BCUT2D eigenvalue weighted by Gasteiger charge is -2.06. The van der Waals surface area contributed by atoms with Gasteiger partial charge in [-0.05, 0) is 0 Å². The number of amides is 1. The molecule has 0 heterocycles. The fourth-order valence-corrected chi connectivity index (χ4v) is 0.311. The Morgan fingerprint density at radius 1 is 1.50 bits per heavy atom. The van der Waals surface area contributed by atoms with E-state index in [1.54, 1.807) is 14.1 Å². The molecular formula is C5H10NO2. The van der Waals surface area contributed by atoms with Crippen molar-refractivity contribution in [3.05, 3.63) is 0 Å². The first kappa shape index (κ1) is 7.43. The molecule has 1 amide bonds. The highest BCUT2D eigenvalue weighted by atomic mass is 16.3. The summed E-state index contributed by atoms with van der Waals surface area (Å²) in [5.41, 5.74) is 0. The highest BCUT2D eigenvalue weighted by molar-refractivity contribution is 5.75. The van der Waals surface area contributed by atoms with Crippen molar-refractivity contribution >= 4 is 5.91 Å². The van der Waals surface area contributed by atoms with E-state index in [1.165, 1.54) is 4.90 Å². The molecule has 0 spiro atoms. The zero-order valence-corrected chi connectivity index (χ0v) is 5.18. The summed E-state index contributed by atoms with van der Waals surface area (Å²) >= 11 is 0. The van der Waals surface area contributed by atoms with Crippen molar-refractivity contribution in [1.82, 2.24) is 4.90 Å². The summed E-state index contributed by atoms with van der Waals surface area (Å²) in [4.78, 5) is 11.9. The molecule has 0 aliphatic heterocycles. The molecule has 3 nitrogen and oxygen atoms in total. The van der Waals surface area contributed by atoms with E-state index < -0.39 is 0 Å². The second-order valence-electron chi connectivity index (χ2n) is 1.74. The largest absolute Gasteiger partial charge is 0.349 e. The lowest BCUT2D eigenvalue weighted by molar-refractivity contribution is -0.129. The zero-order chi connectivity index (χ0) is 6.57. The van der Waals surface area contributed by atoms with Gasteiger partial charge in [-0.25, -0.2) is 5.11 Å². The van der Waals surface area contributed by atoms with Crippen molar-refractivity contribution < 1.29 is 9.90 Å². The Kier molecular flexibility index (Phi) is 3.19. The maximum atomic E-state index is 10.5. The van der Waals surface area contributed by atoms with Gasteiger partial charge in [0.1, 0.15) is 0 Å². The molecule has 0 saturated carbocycles. The number of carbonyl (C=O) groups excluding carboxylic acids is 1. The minimum atomic E-state index is -0.309. The minimum Gasteiger partial charge on any atom is -0.349 e. The van der Waals surface area contributed by atoms with Crippen LogP contribution in [0.3, 0.4) is 0 Å². The summed E-state index contributed by atoms with van der Waals surface area (Å²) in [6, 6.07) is 0. The highest BCUT2D eigenvalue weighted by Crippen LogP contribution is 1.83. The number of nitrogens with zero attached hydrogens (tertiary/aromatic N) is 1. The van der Waals surface area contributed by atoms with Crippen LogP contribution in [0.2, 0.25) is 0 Å². The van der Waals surface area contributed by atoms with Gasteiger partial charge in [0.05, 0.1) is 13.0 Å². The monoisotopic (exact) mass is 116 g/mol. The lowest BCUT2D eigenvalue weighted by atomic mass is 10.4. The van der Waals surface area contributed by atoms with Gasteiger partial charge in [0.25, 0.3) is 0 Å². The number of hydrogen-bond donors (Lipinski definition) is 0. The van der Waals surface area contributed by atoms with E-state index in [2.05, 4.69) is 0 Å². The summed E-state index contributed by atoms with van der Waals surface area (Å²) in [5, 5.41) is 9.80. The summed E-state index contributed by atoms with van der Waals surface area (Å²) < 4.78 is 0. The van der Waals surface area contributed by atoms with Gasteiger partial charge >= 0.3 is 0 Å². The van der Waals surface area contributed by atoms with Crippen LogP contribution in [0.5, 0.6) is 0 Å². The Morgan fingerprint density at radius 2 is 2.00 bits per heavy atom. The van der Waals surface area contributed by atoms with Crippen molar-refractivity contribution in [1.29, 1.82) is 0 Å². The third-order valence-electron chi connectivity index (χ3n) is 0.815. The molecule has 0 fully saturated rings. The fourth-order valence-electron chi connectivity index (χ4n) is 0.311. The van der Waals surface area contributed by atoms with Crippen molar-refractivity contribution in [2.45, 2.75) is 6.42 Å². The average molecular weight is 116 g/mol. The normalized spacial score (nSPS) is 8.88. The molecule has 0 unspecified atom stereocenters. The Labute approximate surface area is 48.9 Å². The molecule has 0 N–H and O–H groups in total. The van der Waals surface area contributed by atoms with Crippen molar-refractivity contribution in [2.75, 3.05) is 20.7 Å². The van der Waals surface area contributed by atoms with E-state index in [0.717, 1.165) is 0 Å². The Hall–Kier alpha value is -0.570. The van der Waals surface area contributed by atoms with Crippen LogP contribution < -0.4 is 0 Å². The molecule has 47 valence electrons. The quantitative estimate of drug-likeness (QED) is 0.496. The standard InChI is InChI=1S/C5H10NO2/c1-6(2)5(8)3-4-7/h3-4H2,1-2H3. The first-order valence-corrected chi connectivity index (χ1v) is 2.46. The summed E-state index contributed by atoms with van der Waals surface area (Å²) in [7, 11) is 3.27. The van der Waals surface area contributed by atoms with E-state index in [0.29, 0.717) is 0 Å². The van der Waals surface area contributed by atoms with Gasteiger partial charge in [0, 0.05) is 14.1 Å². The highest BCUT2D eigenvalue weighted by Gasteiger charge is 2.00. The first-order chi connectivity index (χ1) is 3.68. The van der Waals surface area contributed by atoms with Crippen LogP contribution in [-0.4, -0.2) is 31.5 Å². The Balaban J connectivity index is 3.33. The van der Waals surface area contributed by atoms with Crippen LogP contribution >= 0.6 is 0 Å². The van der Waals surface area contributed by atoms with E-state index >= 15 is 0 Å². The van der Waals surface area contributed by atoms with E-state index in [9.17, 15) is 9.90 Å². The van der Waals surface area contributed by atoms with Crippen LogP contribution in [-0.2, 0) is 9.90 Å². The Morgan fingerprint density at radius 3 is 2.12 bits per heavy atom. The fraction of sp³-hybridized carbons (Fsp3) is 0.800. The molecule has 1 radical (unpaired) electrons. The first-order valence-electron chi connectivity index (χ1n) is 2.46. The van der Waals surface area contributed by atoms with Crippen LogP contribution in [0.15, 0.2) is 0 Å². The third-order valence-corrected chi connectivity index (χ3v) is 0.815. The molecule has 0 bridgehead atoms. The van der Waals surface area contributed by atoms with E-state index in [4.69, 9.17) is 0 Å². The number of hydrogen-bond acceptors (Lipinski definition) is 1. The van der Waals surface area contributed by atoms with Gasteiger partial charge in [-0.15, -0.1) is 0 Å². The van der Waals surface area contributed by atoms with Gasteiger partial charge in [-0.1, -0.05) is 0 Å². The van der Waals surface area contributed by atoms with Gasteiger partial charge in [-0.3, -0.25) is 4.79 Å². The molecular weight excluding hydrogens is 106 g/mol. The molecule has 0 aliphatic rings. The van der Waals surface area contributed by atoms with Crippen LogP contribution in [0.4, 0.5) is 0 Å². The van der Waals surface area contributed by atoms with Gasteiger partial charge in [0.15, 0.2) is 0 Å². The van der Waals surface area contributed by atoms with E-state index in [1.807, 2.05) is 0 Å². The second-order valence-corrected chi connectivity index (χ2v) is 1.74. The molecule has 0 saturated heterocycles. The molecule has 0 rings (SSSR count). The zero-order valence-electron chi connectivity index (χ0n) is 5.18. The van der Waals surface area contributed by atoms with Crippen molar-refractivity contribution in [2.24, 2.45) is 0 Å². The van der Waals surface area contributed by atoms with Crippen LogP contribution in [0.1, 0.15) is 6.42 Å². The minimum absolute atomic E-state index is 0.0972. The molecule has 0 atom stereocenters. The smallest absolute Gasteiger partial charge is 0.224 e. The molecule has 3 heteroatoms. The molecule has 8 heavy (non-hydrogen) atoms. The van der Waals surface area contributed by atoms with Gasteiger partial charge in [0.2, 0.25) is 5.91 Å². The topological polar surface area (TPSA) is 40.2 Å². The van der Waals surface area contributed by atoms with Crippen LogP contribution in [0, 0.1) is 0 Å². The van der Waals surface area contributed by atoms with E-state index in [-0.39, 0.29) is 18.9 Å². The SMILES string of the molecule is CN(C)C(=O)CC[O]. The Bertz CT molecular complexity index is 80.5. The van der Waals surface area contributed by atoms with Gasteiger partial charge < -0.3 is 4.90 Å². The summed E-state index contributed by atoms with van der Waals surface area (Å²) in [5.74, 6) is -0.0972. The van der Waals surface area contributed by atoms with Crippen molar-refractivity contribution in [3.8, 4) is 0 Å². The summed E-state index contributed by atoms with van der Waals surface area (Å²) in [6.07, 6.45) is 0.118. The molecule has 0 aromatic carbocycles. The average Bonchev–Trinajstić information content (AvgIpc) is 1.67. The third kappa shape index (κ3) is 2.58. The predicted octanol–water partition coefficient (Wildman–Crippen LogP) is -0.105. The number of rotatable bonds is 2.